The molecule has 0 aliphatic heterocycles. The molecule has 2 aromatic rings. The smallest absolute Gasteiger partial charge is 0.0453 e. The topological polar surface area (TPSA) is 12.0 Å². The Morgan fingerprint density at radius 1 is 1.22 bits per heavy atom. The molecule has 1 aromatic heterocycles. The van der Waals surface area contributed by atoms with E-state index in [-0.39, 0.29) is 0 Å². The third-order valence-corrected chi connectivity index (χ3v) is 4.79. The van der Waals surface area contributed by atoms with Crippen LogP contribution in [-0.4, -0.2) is 6.54 Å². The molecule has 0 bridgehead atoms. The van der Waals surface area contributed by atoms with Crippen molar-refractivity contribution in [1.29, 1.82) is 0 Å². The highest BCUT2D eigenvalue weighted by Crippen LogP contribution is 2.21. The summed E-state index contributed by atoms with van der Waals surface area (Å²) in [5.41, 5.74) is 1.13. The Bertz CT molecular complexity index is 527. The molecule has 0 aliphatic carbocycles. The van der Waals surface area contributed by atoms with Gasteiger partial charge in [-0.1, -0.05) is 29.3 Å². The summed E-state index contributed by atoms with van der Waals surface area (Å²) >= 11 is 17.2. The minimum Gasteiger partial charge on any atom is -0.312 e. The number of hydrogen-bond donors (Lipinski definition) is 1. The first kappa shape index (κ1) is 14.4. The number of thiophene rings is 1. The molecule has 0 atom stereocenters. The quantitative estimate of drug-likeness (QED) is 0.723. The molecule has 0 amide bonds. The summed E-state index contributed by atoms with van der Waals surface area (Å²) in [5, 5.41) is 6.91. The number of hydrogen-bond acceptors (Lipinski definition) is 2. The second kappa shape index (κ2) is 6.92. The lowest BCUT2D eigenvalue weighted by molar-refractivity contribution is 0.693. The molecule has 1 aromatic carbocycles. The van der Waals surface area contributed by atoms with E-state index < -0.39 is 0 Å². The van der Waals surface area contributed by atoms with Crippen molar-refractivity contribution in [3.05, 3.63) is 54.6 Å². The third kappa shape index (κ3) is 4.25. The van der Waals surface area contributed by atoms with E-state index in [4.69, 9.17) is 23.2 Å². The van der Waals surface area contributed by atoms with E-state index in [2.05, 4.69) is 32.7 Å². The van der Waals surface area contributed by atoms with Crippen molar-refractivity contribution in [2.75, 3.05) is 6.54 Å². The first-order valence-corrected chi connectivity index (χ1v) is 7.95. The van der Waals surface area contributed by atoms with Gasteiger partial charge in [0.15, 0.2) is 0 Å². The van der Waals surface area contributed by atoms with Crippen molar-refractivity contribution in [2.24, 2.45) is 0 Å². The maximum absolute atomic E-state index is 6.11. The van der Waals surface area contributed by atoms with Gasteiger partial charge in [-0.05, 0) is 52.7 Å². The Morgan fingerprint density at radius 2 is 2.06 bits per heavy atom. The van der Waals surface area contributed by atoms with E-state index in [9.17, 15) is 0 Å². The van der Waals surface area contributed by atoms with Gasteiger partial charge in [-0.3, -0.25) is 0 Å². The Labute approximate surface area is 129 Å². The third-order valence-electron chi connectivity index (χ3n) is 2.51. The van der Waals surface area contributed by atoms with Gasteiger partial charge in [-0.2, -0.15) is 0 Å². The largest absolute Gasteiger partial charge is 0.312 e. The number of halogens is 3. The molecule has 2 rings (SSSR count). The minimum atomic E-state index is 0.681. The second-order valence-electron chi connectivity index (χ2n) is 3.89. The van der Waals surface area contributed by atoms with Crippen LogP contribution in [0.5, 0.6) is 0 Å². The molecule has 1 N–H and O–H groups in total. The Hall–Kier alpha value is -0.0600. The average Bonchev–Trinajstić information content (AvgIpc) is 2.73. The number of nitrogens with one attached hydrogen (secondary N) is 1. The van der Waals surface area contributed by atoms with Gasteiger partial charge in [0, 0.05) is 31.3 Å². The van der Waals surface area contributed by atoms with E-state index in [1.807, 2.05) is 12.1 Å². The Morgan fingerprint density at radius 3 is 2.72 bits per heavy atom. The van der Waals surface area contributed by atoms with E-state index in [1.54, 1.807) is 17.4 Å². The van der Waals surface area contributed by atoms with Gasteiger partial charge >= 0.3 is 0 Å². The van der Waals surface area contributed by atoms with Crippen LogP contribution in [0.3, 0.4) is 0 Å². The summed E-state index contributed by atoms with van der Waals surface area (Å²) in [6, 6.07) is 7.77. The molecule has 0 spiro atoms. The van der Waals surface area contributed by atoms with Crippen molar-refractivity contribution in [3.63, 3.8) is 0 Å². The van der Waals surface area contributed by atoms with Gasteiger partial charge in [0.1, 0.15) is 0 Å². The molecule has 1 heterocycles. The molecule has 96 valence electrons. The molecular weight excluding hydrogens is 353 g/mol. The molecule has 1 nitrogen and oxygen atoms in total. The van der Waals surface area contributed by atoms with Gasteiger partial charge in [0.25, 0.3) is 0 Å². The summed E-state index contributed by atoms with van der Waals surface area (Å²) in [7, 11) is 0. The molecule has 18 heavy (non-hydrogen) atoms. The summed E-state index contributed by atoms with van der Waals surface area (Å²) < 4.78 is 1.14. The van der Waals surface area contributed by atoms with Crippen LogP contribution in [0.4, 0.5) is 0 Å². The first-order chi connectivity index (χ1) is 8.65. The second-order valence-corrected chi connectivity index (χ2v) is 6.65. The first-order valence-electron chi connectivity index (χ1n) is 5.53. The van der Waals surface area contributed by atoms with Crippen LogP contribution >= 0.6 is 50.5 Å². The fourth-order valence-electron chi connectivity index (χ4n) is 1.61. The average molecular weight is 365 g/mol. The standard InChI is InChI=1S/C13H12BrCl2NS/c14-10-5-12(18-8-10)7-17-4-3-9-1-2-11(15)6-13(9)16/h1-2,5-6,8,17H,3-4,7H2. The zero-order valence-electron chi connectivity index (χ0n) is 9.55. The summed E-state index contributed by atoms with van der Waals surface area (Å²) in [6.07, 6.45) is 0.905. The zero-order chi connectivity index (χ0) is 13.0. The molecule has 0 saturated carbocycles. The Balaban J connectivity index is 1.78. The van der Waals surface area contributed by atoms with Crippen LogP contribution in [0.1, 0.15) is 10.4 Å². The van der Waals surface area contributed by atoms with Gasteiger partial charge < -0.3 is 5.32 Å². The van der Waals surface area contributed by atoms with E-state index in [1.165, 1.54) is 4.88 Å². The summed E-state index contributed by atoms with van der Waals surface area (Å²) in [5.74, 6) is 0. The number of rotatable bonds is 5. The zero-order valence-corrected chi connectivity index (χ0v) is 13.5. The van der Waals surface area contributed by atoms with Gasteiger partial charge in [-0.25, -0.2) is 0 Å². The van der Waals surface area contributed by atoms with Gasteiger partial charge in [0.2, 0.25) is 0 Å². The Kier molecular flexibility index (Phi) is 5.52. The van der Waals surface area contributed by atoms with Crippen LogP contribution < -0.4 is 5.32 Å². The van der Waals surface area contributed by atoms with E-state index >= 15 is 0 Å². The highest BCUT2D eigenvalue weighted by Gasteiger charge is 2.01. The molecule has 0 saturated heterocycles. The van der Waals surface area contributed by atoms with Crippen LogP contribution in [0.15, 0.2) is 34.1 Å². The van der Waals surface area contributed by atoms with Crippen molar-refractivity contribution in [3.8, 4) is 0 Å². The predicted molar refractivity (Wildman–Crippen MR) is 83.9 cm³/mol. The van der Waals surface area contributed by atoms with Crippen LogP contribution in [0.2, 0.25) is 10.0 Å². The van der Waals surface area contributed by atoms with Crippen molar-refractivity contribution in [2.45, 2.75) is 13.0 Å². The molecular formula is C13H12BrCl2NS. The monoisotopic (exact) mass is 363 g/mol. The minimum absolute atomic E-state index is 0.681. The highest BCUT2D eigenvalue weighted by atomic mass is 79.9. The molecule has 5 heteroatoms. The lowest BCUT2D eigenvalue weighted by Crippen LogP contribution is -2.16. The van der Waals surface area contributed by atoms with Crippen LogP contribution in [0.25, 0.3) is 0 Å². The molecule has 0 aliphatic rings. The van der Waals surface area contributed by atoms with Crippen molar-refractivity contribution in [1.82, 2.24) is 5.32 Å². The van der Waals surface area contributed by atoms with Crippen molar-refractivity contribution >= 4 is 50.5 Å². The van der Waals surface area contributed by atoms with E-state index in [0.717, 1.165) is 34.6 Å². The maximum atomic E-state index is 6.11. The fraction of sp³-hybridized carbons (Fsp3) is 0.231. The lowest BCUT2D eigenvalue weighted by atomic mass is 10.1. The van der Waals surface area contributed by atoms with Crippen LogP contribution in [0, 0.1) is 0 Å². The summed E-state index contributed by atoms with van der Waals surface area (Å²) in [4.78, 5) is 1.32. The van der Waals surface area contributed by atoms with Gasteiger partial charge in [-0.15, -0.1) is 11.3 Å². The van der Waals surface area contributed by atoms with Crippen molar-refractivity contribution < 1.29 is 0 Å². The fourth-order valence-corrected chi connectivity index (χ4v) is 3.53. The predicted octanol–water partition coefficient (Wildman–Crippen LogP) is 5.15. The van der Waals surface area contributed by atoms with Gasteiger partial charge in [0.05, 0.1) is 0 Å². The SMILES string of the molecule is Clc1ccc(CCNCc2cc(Br)cs2)c(Cl)c1. The van der Waals surface area contributed by atoms with Crippen LogP contribution in [-0.2, 0) is 13.0 Å². The number of benzene rings is 1. The molecule has 0 unspecified atom stereocenters. The summed E-state index contributed by atoms with van der Waals surface area (Å²) in [6.45, 7) is 1.79. The molecule has 0 radical (unpaired) electrons. The highest BCUT2D eigenvalue weighted by molar-refractivity contribution is 9.10. The van der Waals surface area contributed by atoms with E-state index in [0.29, 0.717) is 5.02 Å². The maximum Gasteiger partial charge on any atom is 0.0453 e. The lowest BCUT2D eigenvalue weighted by Gasteiger charge is -2.06. The normalized spacial score (nSPS) is 10.8. The molecule has 0 fully saturated rings.